The van der Waals surface area contributed by atoms with E-state index in [1.54, 1.807) is 6.92 Å². The predicted octanol–water partition coefficient (Wildman–Crippen LogP) is -1.41. The number of aliphatic hydroxyl groups is 1. The van der Waals surface area contributed by atoms with Crippen molar-refractivity contribution in [2.45, 2.75) is 33.1 Å². The molecule has 1 unspecified atom stereocenters. The zero-order chi connectivity index (χ0) is 19.7. The number of rotatable bonds is 10. The van der Waals surface area contributed by atoms with Gasteiger partial charge in [0.15, 0.2) is 18.6 Å². The number of aliphatic hydroxyl groups excluding tert-OH is 1. The molecule has 11 heteroatoms. The number of Topliss-reactive ketones (excluding diaryl/α,β-unsaturated/α-hetero) is 1. The molecule has 1 amide bonds. The van der Waals surface area contributed by atoms with Gasteiger partial charge in [-0.3, -0.25) is 14.4 Å². The number of ether oxygens (including phenoxy) is 2. The average molecular weight is 370 g/mol. The Balaban J connectivity index is 2.72. The highest BCUT2D eigenvalue weighted by Gasteiger charge is 2.20. The summed E-state index contributed by atoms with van der Waals surface area (Å²) in [5.74, 6) is -2.47. The van der Waals surface area contributed by atoms with E-state index in [1.165, 1.54) is 13.0 Å². The zero-order valence-corrected chi connectivity index (χ0v) is 14.6. The Hall–Kier alpha value is -2.79. The van der Waals surface area contributed by atoms with E-state index in [1.807, 2.05) is 0 Å². The van der Waals surface area contributed by atoms with Crippen LogP contribution < -0.4 is 11.1 Å². The van der Waals surface area contributed by atoms with Crippen LogP contribution >= 0.6 is 0 Å². The number of nitrogens with two attached hydrogens (primary N) is 1. The Kier molecular flexibility index (Phi) is 8.38. The predicted molar refractivity (Wildman–Crippen MR) is 87.0 cm³/mol. The molecule has 1 aromatic rings. The van der Waals surface area contributed by atoms with Gasteiger partial charge in [0, 0.05) is 26.0 Å². The molecular weight excluding hydrogens is 348 g/mol. The third-order valence-corrected chi connectivity index (χ3v) is 3.15. The van der Waals surface area contributed by atoms with E-state index in [0.29, 0.717) is 0 Å². The van der Waals surface area contributed by atoms with E-state index in [-0.39, 0.29) is 43.3 Å². The Morgan fingerprint density at radius 2 is 2.04 bits per heavy atom. The lowest BCUT2D eigenvalue weighted by atomic mass is 10.2. The summed E-state index contributed by atoms with van der Waals surface area (Å²) in [6.45, 7) is 2.26. The molecule has 11 nitrogen and oxygen atoms in total. The molecule has 0 aromatic carbocycles. The zero-order valence-electron chi connectivity index (χ0n) is 14.6. The van der Waals surface area contributed by atoms with E-state index in [2.05, 4.69) is 15.2 Å². The van der Waals surface area contributed by atoms with Gasteiger partial charge in [0.1, 0.15) is 11.4 Å². The number of ketones is 1. The molecule has 1 atom stereocenters. The lowest BCUT2D eigenvalue weighted by Gasteiger charge is -2.11. The van der Waals surface area contributed by atoms with Gasteiger partial charge in [-0.2, -0.15) is 5.10 Å². The van der Waals surface area contributed by atoms with Gasteiger partial charge in [0.2, 0.25) is 0 Å². The summed E-state index contributed by atoms with van der Waals surface area (Å²) in [4.78, 5) is 46.1. The van der Waals surface area contributed by atoms with Crippen LogP contribution in [0.15, 0.2) is 6.07 Å². The van der Waals surface area contributed by atoms with Crippen molar-refractivity contribution in [3.05, 3.63) is 17.5 Å². The second-order valence-corrected chi connectivity index (χ2v) is 5.13. The highest BCUT2D eigenvalue weighted by Crippen LogP contribution is 2.07. The number of carbonyl (C=O) groups excluding carboxylic acids is 4. The molecule has 1 heterocycles. The highest BCUT2D eigenvalue weighted by molar-refractivity contribution is 5.97. The summed E-state index contributed by atoms with van der Waals surface area (Å²) < 4.78 is 10.5. The summed E-state index contributed by atoms with van der Waals surface area (Å²) in [6, 6.07) is 1.25. The first-order valence-electron chi connectivity index (χ1n) is 7.87. The molecule has 0 fully saturated rings. The largest absolute Gasteiger partial charge is 0.464 e. The van der Waals surface area contributed by atoms with E-state index < -0.39 is 30.7 Å². The van der Waals surface area contributed by atoms with Gasteiger partial charge in [-0.1, -0.05) is 0 Å². The van der Waals surface area contributed by atoms with Gasteiger partial charge in [-0.05, 0) is 6.92 Å². The Labute approximate surface area is 149 Å². The molecule has 0 aliphatic heterocycles. The second-order valence-electron chi connectivity index (χ2n) is 5.13. The number of carbonyl (C=O) groups is 4. The van der Waals surface area contributed by atoms with Crippen LogP contribution in [0.25, 0.3) is 0 Å². The van der Waals surface area contributed by atoms with Crippen molar-refractivity contribution in [3.8, 4) is 0 Å². The lowest BCUT2D eigenvalue weighted by Crippen LogP contribution is -2.32. The van der Waals surface area contributed by atoms with Crippen molar-refractivity contribution in [2.75, 3.05) is 19.7 Å². The summed E-state index contributed by atoms with van der Waals surface area (Å²) in [6.07, 6.45) is -1.42. The molecule has 0 spiro atoms. The van der Waals surface area contributed by atoms with Gasteiger partial charge < -0.3 is 25.6 Å². The maximum atomic E-state index is 12.2. The second kappa shape index (κ2) is 10.3. The molecule has 0 saturated carbocycles. The summed E-state index contributed by atoms with van der Waals surface area (Å²) in [5, 5.41) is 16.0. The van der Waals surface area contributed by atoms with E-state index in [0.717, 1.165) is 4.68 Å². The van der Waals surface area contributed by atoms with Gasteiger partial charge in [-0.15, -0.1) is 0 Å². The number of esters is 2. The topological polar surface area (TPSA) is 163 Å². The van der Waals surface area contributed by atoms with Crippen molar-refractivity contribution in [2.24, 2.45) is 5.73 Å². The number of amides is 1. The molecule has 1 rings (SSSR count). The molecule has 0 bridgehead atoms. The van der Waals surface area contributed by atoms with Crippen LogP contribution in [0, 0.1) is 0 Å². The summed E-state index contributed by atoms with van der Waals surface area (Å²) in [7, 11) is 0. The first-order chi connectivity index (χ1) is 12.3. The molecule has 0 saturated heterocycles. The van der Waals surface area contributed by atoms with Crippen molar-refractivity contribution in [1.29, 1.82) is 0 Å². The van der Waals surface area contributed by atoms with Gasteiger partial charge in [-0.25, -0.2) is 9.48 Å². The van der Waals surface area contributed by atoms with E-state index in [4.69, 9.17) is 10.5 Å². The highest BCUT2D eigenvalue weighted by atomic mass is 16.5. The molecule has 0 radical (unpaired) electrons. The average Bonchev–Trinajstić information content (AvgIpc) is 3.04. The third-order valence-electron chi connectivity index (χ3n) is 3.15. The van der Waals surface area contributed by atoms with Gasteiger partial charge in [0.05, 0.1) is 13.2 Å². The van der Waals surface area contributed by atoms with Crippen LogP contribution in [-0.4, -0.2) is 64.3 Å². The SMILES string of the molecule is CCOC(=O)C(O)CCNC(=O)c1cc(C(C)=O)nn1COC(=O)CN. The Morgan fingerprint density at radius 3 is 2.62 bits per heavy atom. The van der Waals surface area contributed by atoms with Crippen LogP contribution in [-0.2, 0) is 25.8 Å². The molecule has 4 N–H and O–H groups in total. The summed E-state index contributed by atoms with van der Waals surface area (Å²) in [5.41, 5.74) is 5.12. The molecule has 0 aliphatic carbocycles. The fraction of sp³-hybridized carbons (Fsp3) is 0.533. The number of nitrogens with zero attached hydrogens (tertiary/aromatic N) is 2. The molecule has 1 aromatic heterocycles. The molecule has 144 valence electrons. The van der Waals surface area contributed by atoms with Crippen LogP contribution in [0.4, 0.5) is 0 Å². The van der Waals surface area contributed by atoms with Crippen molar-refractivity contribution in [3.63, 3.8) is 0 Å². The van der Waals surface area contributed by atoms with Gasteiger partial charge in [0.25, 0.3) is 5.91 Å². The number of hydrogen-bond acceptors (Lipinski definition) is 9. The minimum Gasteiger partial charge on any atom is -0.464 e. The lowest BCUT2D eigenvalue weighted by molar-refractivity contribution is -0.153. The van der Waals surface area contributed by atoms with Crippen LogP contribution in [0.3, 0.4) is 0 Å². The fourth-order valence-electron chi connectivity index (χ4n) is 1.83. The minimum absolute atomic E-state index is 0.0190. The standard InChI is InChI=1S/C15H22N4O7/c1-3-25-15(24)12(21)4-5-17-14(23)11-6-10(9(2)20)18-19(11)8-26-13(22)7-16/h6,12,21H,3-5,7-8,16H2,1-2H3,(H,17,23). The smallest absolute Gasteiger partial charge is 0.335 e. The first-order valence-corrected chi connectivity index (χ1v) is 7.87. The quantitative estimate of drug-likeness (QED) is 0.331. The van der Waals surface area contributed by atoms with Gasteiger partial charge >= 0.3 is 11.9 Å². The molecular formula is C15H22N4O7. The molecule has 0 aliphatic rings. The first kappa shape index (κ1) is 21.3. The van der Waals surface area contributed by atoms with Crippen LogP contribution in [0.5, 0.6) is 0 Å². The van der Waals surface area contributed by atoms with Crippen LogP contribution in [0.2, 0.25) is 0 Å². The van der Waals surface area contributed by atoms with E-state index >= 15 is 0 Å². The Morgan fingerprint density at radius 1 is 1.35 bits per heavy atom. The summed E-state index contributed by atoms with van der Waals surface area (Å²) >= 11 is 0. The van der Waals surface area contributed by atoms with Crippen molar-refractivity contribution < 1.29 is 33.8 Å². The number of aromatic nitrogens is 2. The normalized spacial score (nSPS) is 11.5. The van der Waals surface area contributed by atoms with Crippen molar-refractivity contribution >= 4 is 23.6 Å². The number of nitrogens with one attached hydrogen (secondary N) is 1. The maximum absolute atomic E-state index is 12.2. The fourth-order valence-corrected chi connectivity index (χ4v) is 1.83. The Bertz CT molecular complexity index is 671. The maximum Gasteiger partial charge on any atom is 0.335 e. The minimum atomic E-state index is -1.36. The monoisotopic (exact) mass is 370 g/mol. The van der Waals surface area contributed by atoms with Crippen LogP contribution in [0.1, 0.15) is 41.2 Å². The van der Waals surface area contributed by atoms with E-state index in [9.17, 15) is 24.3 Å². The van der Waals surface area contributed by atoms with Crippen molar-refractivity contribution in [1.82, 2.24) is 15.1 Å². The number of hydrogen-bond donors (Lipinski definition) is 3. The third kappa shape index (κ3) is 6.26. The molecule has 26 heavy (non-hydrogen) atoms.